The van der Waals surface area contributed by atoms with E-state index < -0.39 is 5.60 Å². The third kappa shape index (κ3) is 3.72. The second kappa shape index (κ2) is 5.73. The van der Waals surface area contributed by atoms with E-state index in [0.717, 1.165) is 30.7 Å². The molecular formula is C13H26IN3O2. The first-order chi connectivity index (χ1) is 8.21. The van der Waals surface area contributed by atoms with Crippen LogP contribution in [0.2, 0.25) is 0 Å². The van der Waals surface area contributed by atoms with E-state index in [1.807, 2.05) is 25.7 Å². The van der Waals surface area contributed by atoms with Crippen molar-refractivity contribution in [3.63, 3.8) is 0 Å². The van der Waals surface area contributed by atoms with Crippen LogP contribution in [0.15, 0.2) is 0 Å². The number of nitrogens with zero attached hydrogens (tertiary/aromatic N) is 3. The van der Waals surface area contributed by atoms with Gasteiger partial charge in [-0.15, -0.1) is 0 Å². The summed E-state index contributed by atoms with van der Waals surface area (Å²) in [5.41, 5.74) is -0.408. The molecule has 0 radical (unpaired) electrons. The van der Waals surface area contributed by atoms with E-state index in [1.165, 1.54) is 6.54 Å². The van der Waals surface area contributed by atoms with Crippen molar-refractivity contribution in [1.29, 1.82) is 0 Å². The number of hydrogen-bond donors (Lipinski definition) is 0. The summed E-state index contributed by atoms with van der Waals surface area (Å²) in [6.45, 7) is 10.6. The van der Waals surface area contributed by atoms with Gasteiger partial charge in [0.15, 0.2) is 6.17 Å². The van der Waals surface area contributed by atoms with Gasteiger partial charge in [0.1, 0.15) is 5.60 Å². The van der Waals surface area contributed by atoms with Crippen molar-refractivity contribution in [2.45, 2.75) is 32.5 Å². The lowest BCUT2D eigenvalue weighted by Crippen LogP contribution is -3.00. The van der Waals surface area contributed by atoms with Crippen LogP contribution in [-0.4, -0.2) is 79.0 Å². The van der Waals surface area contributed by atoms with Crippen molar-refractivity contribution in [1.82, 2.24) is 9.80 Å². The van der Waals surface area contributed by atoms with Gasteiger partial charge in [-0.05, 0) is 27.8 Å². The van der Waals surface area contributed by atoms with Gasteiger partial charge >= 0.3 is 6.09 Å². The maximum atomic E-state index is 12.1. The summed E-state index contributed by atoms with van der Waals surface area (Å²) in [6.07, 6.45) is 0.250. The van der Waals surface area contributed by atoms with Crippen LogP contribution in [0.1, 0.15) is 20.8 Å². The molecule has 0 bridgehead atoms. The largest absolute Gasteiger partial charge is 1.00 e. The molecule has 2 unspecified atom stereocenters. The highest BCUT2D eigenvalue weighted by molar-refractivity contribution is 5.68. The van der Waals surface area contributed by atoms with Crippen LogP contribution in [-0.2, 0) is 4.74 Å². The average molecular weight is 383 g/mol. The minimum atomic E-state index is -0.408. The first-order valence-electron chi connectivity index (χ1n) is 6.74. The Kier molecular flexibility index (Phi) is 5.12. The number of halogens is 1. The summed E-state index contributed by atoms with van der Waals surface area (Å²) < 4.78 is 6.52. The Bertz CT molecular complexity index is 345. The number of piperazine rings is 1. The zero-order valence-electron chi connectivity index (χ0n) is 12.6. The van der Waals surface area contributed by atoms with Gasteiger partial charge in [-0.1, -0.05) is 0 Å². The molecule has 2 atom stereocenters. The summed E-state index contributed by atoms with van der Waals surface area (Å²) in [4.78, 5) is 16.3. The Morgan fingerprint density at radius 1 is 1.26 bits per heavy atom. The van der Waals surface area contributed by atoms with Crippen LogP contribution < -0.4 is 24.0 Å². The van der Waals surface area contributed by atoms with Gasteiger partial charge in [0.2, 0.25) is 0 Å². The van der Waals surface area contributed by atoms with E-state index in [2.05, 4.69) is 19.0 Å². The van der Waals surface area contributed by atoms with Crippen molar-refractivity contribution in [3.8, 4) is 0 Å². The molecule has 0 aliphatic carbocycles. The van der Waals surface area contributed by atoms with Crippen molar-refractivity contribution in [2.24, 2.45) is 0 Å². The number of carbonyl (C=O) groups excluding carboxylic acids is 1. The smallest absolute Gasteiger partial charge is 0.410 e. The lowest BCUT2D eigenvalue weighted by molar-refractivity contribution is -0.930. The van der Waals surface area contributed by atoms with Crippen LogP contribution in [0.25, 0.3) is 0 Å². The Hall–Kier alpha value is -0.0800. The lowest BCUT2D eigenvalue weighted by Gasteiger charge is -2.44. The van der Waals surface area contributed by atoms with Gasteiger partial charge in [0.05, 0.1) is 39.8 Å². The lowest BCUT2D eigenvalue weighted by atomic mass is 10.2. The van der Waals surface area contributed by atoms with Gasteiger partial charge in [-0.25, -0.2) is 4.79 Å². The molecule has 112 valence electrons. The predicted octanol–water partition coefficient (Wildman–Crippen LogP) is -2.04. The van der Waals surface area contributed by atoms with Gasteiger partial charge in [-0.3, -0.25) is 9.80 Å². The number of likely N-dealkylation sites (N-methyl/N-ethyl adjacent to an activating group) is 2. The standard InChI is InChI=1S/C13H26N3O2.HI/c1-13(2,3)18-12(17)15-7-9-16(5)8-6-14(4)11(16)10-15;/h11H,6-10H2,1-5H3;1H/q+1;/p-1. The number of rotatable bonds is 0. The Balaban J connectivity index is 0.00000180. The third-order valence-electron chi connectivity index (χ3n) is 4.11. The molecule has 0 N–H and O–H groups in total. The monoisotopic (exact) mass is 383 g/mol. The van der Waals surface area contributed by atoms with E-state index in [9.17, 15) is 4.79 Å². The molecule has 0 saturated carbocycles. The summed E-state index contributed by atoms with van der Waals surface area (Å²) in [7, 11) is 4.44. The van der Waals surface area contributed by atoms with Crippen molar-refractivity contribution < 1.29 is 38.0 Å². The Morgan fingerprint density at radius 2 is 1.84 bits per heavy atom. The first-order valence-corrected chi connectivity index (χ1v) is 6.74. The molecule has 2 heterocycles. The number of amides is 1. The molecule has 2 saturated heterocycles. The van der Waals surface area contributed by atoms with Crippen LogP contribution in [0.5, 0.6) is 0 Å². The molecule has 0 aromatic carbocycles. The highest BCUT2D eigenvalue weighted by Crippen LogP contribution is 2.26. The quantitative estimate of drug-likeness (QED) is 0.357. The van der Waals surface area contributed by atoms with Gasteiger partial charge < -0.3 is 33.2 Å². The molecule has 0 spiro atoms. The molecule has 2 rings (SSSR count). The Morgan fingerprint density at radius 3 is 2.42 bits per heavy atom. The number of fused-ring (bicyclic) bond motifs is 1. The van der Waals surface area contributed by atoms with E-state index in [0.29, 0.717) is 6.17 Å². The number of ether oxygens (including phenoxy) is 1. The molecule has 1 amide bonds. The van der Waals surface area contributed by atoms with Gasteiger partial charge in [0.25, 0.3) is 0 Å². The minimum absolute atomic E-state index is 0. The zero-order chi connectivity index (χ0) is 13.6. The third-order valence-corrected chi connectivity index (χ3v) is 4.11. The first kappa shape index (κ1) is 17.0. The summed E-state index contributed by atoms with van der Waals surface area (Å²) >= 11 is 0. The Labute approximate surface area is 133 Å². The van der Waals surface area contributed by atoms with E-state index in [4.69, 9.17) is 4.74 Å². The predicted molar refractivity (Wildman–Crippen MR) is 70.1 cm³/mol. The molecule has 6 heteroatoms. The molecule has 2 aliphatic heterocycles. The van der Waals surface area contributed by atoms with Crippen LogP contribution in [0.4, 0.5) is 4.79 Å². The fourth-order valence-corrected chi connectivity index (χ4v) is 2.89. The van der Waals surface area contributed by atoms with Crippen LogP contribution in [0, 0.1) is 0 Å². The second-order valence-corrected chi connectivity index (χ2v) is 6.81. The van der Waals surface area contributed by atoms with Gasteiger partial charge in [-0.2, -0.15) is 0 Å². The molecule has 2 aliphatic rings. The fraction of sp³-hybridized carbons (Fsp3) is 0.923. The molecule has 5 nitrogen and oxygen atoms in total. The molecule has 2 fully saturated rings. The number of hydrogen-bond acceptors (Lipinski definition) is 3. The topological polar surface area (TPSA) is 32.8 Å². The SMILES string of the molecule is CN1CC[N+]2(C)CCN(C(=O)OC(C)(C)C)CC12.[I-]. The molecule has 0 aromatic heterocycles. The molecule has 0 aromatic rings. The van der Waals surface area contributed by atoms with E-state index in [-0.39, 0.29) is 30.1 Å². The second-order valence-electron chi connectivity index (χ2n) is 6.81. The maximum Gasteiger partial charge on any atom is 0.410 e. The van der Waals surface area contributed by atoms with Crippen LogP contribution in [0.3, 0.4) is 0 Å². The molecular weight excluding hydrogens is 357 g/mol. The molecule has 19 heavy (non-hydrogen) atoms. The van der Waals surface area contributed by atoms with Crippen LogP contribution >= 0.6 is 0 Å². The van der Waals surface area contributed by atoms with Gasteiger partial charge in [0, 0.05) is 0 Å². The van der Waals surface area contributed by atoms with E-state index in [1.54, 1.807) is 0 Å². The summed E-state index contributed by atoms with van der Waals surface area (Å²) in [5.74, 6) is 0. The highest BCUT2D eigenvalue weighted by atomic mass is 127. The maximum absolute atomic E-state index is 12.1. The zero-order valence-corrected chi connectivity index (χ0v) is 14.8. The average Bonchev–Trinajstić information content (AvgIpc) is 2.52. The van der Waals surface area contributed by atoms with E-state index >= 15 is 0 Å². The van der Waals surface area contributed by atoms with Crippen molar-refractivity contribution in [3.05, 3.63) is 0 Å². The number of quaternary nitrogens is 1. The summed E-state index contributed by atoms with van der Waals surface area (Å²) in [5, 5.41) is 0. The fourth-order valence-electron chi connectivity index (χ4n) is 2.89. The highest BCUT2D eigenvalue weighted by Gasteiger charge is 2.47. The summed E-state index contributed by atoms with van der Waals surface area (Å²) in [6, 6.07) is 0. The normalized spacial score (nSPS) is 31.6. The minimum Gasteiger partial charge on any atom is -1.00 e. The van der Waals surface area contributed by atoms with Crippen molar-refractivity contribution >= 4 is 6.09 Å². The number of carbonyl (C=O) groups is 1. The van der Waals surface area contributed by atoms with Crippen molar-refractivity contribution in [2.75, 3.05) is 46.8 Å².